The maximum Gasteiger partial charge on any atom is 0.134 e. The van der Waals surface area contributed by atoms with E-state index >= 15 is 0 Å². The molecule has 0 bridgehead atoms. The summed E-state index contributed by atoms with van der Waals surface area (Å²) in [6.45, 7) is 3.36. The molecule has 0 atom stereocenters. The third-order valence-electron chi connectivity index (χ3n) is 1.88. The van der Waals surface area contributed by atoms with E-state index in [0.29, 0.717) is 5.56 Å². The van der Waals surface area contributed by atoms with Gasteiger partial charge in [-0.05, 0) is 31.0 Å². The number of phenolic OH excluding ortho intramolecular Hbond substituents is 1. The van der Waals surface area contributed by atoms with Crippen LogP contribution in [0.1, 0.15) is 18.1 Å². The third-order valence-corrected chi connectivity index (χ3v) is 2.30. The van der Waals surface area contributed by atoms with Crippen molar-refractivity contribution in [3.63, 3.8) is 0 Å². The second-order valence-electron chi connectivity index (χ2n) is 3.07. The van der Waals surface area contributed by atoms with Gasteiger partial charge in [0, 0.05) is 6.42 Å². The van der Waals surface area contributed by atoms with E-state index in [2.05, 4.69) is 0 Å². The number of Topliss-reactive ketones (excluding diaryl/α,β-unsaturated/α-hetero) is 1. The summed E-state index contributed by atoms with van der Waals surface area (Å²) in [5.74, 6) is 0.0686. The minimum Gasteiger partial charge on any atom is -0.506 e. The van der Waals surface area contributed by atoms with Crippen LogP contribution in [0.4, 0.5) is 0 Å². The zero-order valence-electron chi connectivity index (χ0n) is 7.60. The first-order chi connectivity index (χ1) is 6.02. The lowest BCUT2D eigenvalue weighted by molar-refractivity contribution is -0.116. The quantitative estimate of drug-likeness (QED) is 0.793. The van der Waals surface area contributed by atoms with Crippen LogP contribution in [0.5, 0.6) is 5.75 Å². The van der Waals surface area contributed by atoms with Gasteiger partial charge < -0.3 is 5.11 Å². The van der Waals surface area contributed by atoms with E-state index in [9.17, 15) is 9.90 Å². The number of benzene rings is 1. The average Bonchev–Trinajstić information content (AvgIpc) is 2.05. The van der Waals surface area contributed by atoms with Crippen LogP contribution in [0.15, 0.2) is 12.1 Å². The van der Waals surface area contributed by atoms with E-state index in [4.69, 9.17) is 11.6 Å². The Kier molecular flexibility index (Phi) is 2.94. The number of hydrogen-bond donors (Lipinski definition) is 1. The van der Waals surface area contributed by atoms with Crippen LogP contribution >= 0.6 is 11.6 Å². The van der Waals surface area contributed by atoms with Gasteiger partial charge in [0.2, 0.25) is 0 Å². The molecule has 0 radical (unpaired) electrons. The smallest absolute Gasteiger partial charge is 0.134 e. The van der Waals surface area contributed by atoms with Gasteiger partial charge in [-0.15, -0.1) is 0 Å². The standard InChI is InChI=1S/C10H11ClO2/c1-6-3-4-9(13)10(11)8(6)5-7(2)12/h3-4,13H,5H2,1-2H3. The van der Waals surface area contributed by atoms with Gasteiger partial charge >= 0.3 is 0 Å². The van der Waals surface area contributed by atoms with Gasteiger partial charge in [0.25, 0.3) is 0 Å². The van der Waals surface area contributed by atoms with Gasteiger partial charge in [-0.25, -0.2) is 0 Å². The molecule has 0 saturated carbocycles. The number of phenols is 1. The van der Waals surface area contributed by atoms with Crippen LogP contribution in [-0.2, 0) is 11.2 Å². The Labute approximate surface area is 82.2 Å². The Morgan fingerprint density at radius 3 is 2.69 bits per heavy atom. The van der Waals surface area contributed by atoms with E-state index in [-0.39, 0.29) is 23.0 Å². The highest BCUT2D eigenvalue weighted by Gasteiger charge is 2.09. The summed E-state index contributed by atoms with van der Waals surface area (Å²) in [5.41, 5.74) is 1.65. The van der Waals surface area contributed by atoms with E-state index in [1.807, 2.05) is 6.92 Å². The molecule has 70 valence electrons. The predicted octanol–water partition coefficient (Wildman–Crippen LogP) is 2.49. The molecule has 13 heavy (non-hydrogen) atoms. The fourth-order valence-electron chi connectivity index (χ4n) is 1.17. The van der Waals surface area contributed by atoms with E-state index in [1.54, 1.807) is 6.07 Å². The molecule has 1 aromatic carbocycles. The SMILES string of the molecule is CC(=O)Cc1c(C)ccc(O)c1Cl. The summed E-state index contributed by atoms with van der Waals surface area (Å²) in [7, 11) is 0. The van der Waals surface area contributed by atoms with Gasteiger partial charge in [-0.2, -0.15) is 0 Å². The van der Waals surface area contributed by atoms with Crippen LogP contribution in [0.2, 0.25) is 5.02 Å². The number of rotatable bonds is 2. The number of aromatic hydroxyl groups is 1. The van der Waals surface area contributed by atoms with Crippen LogP contribution in [0.3, 0.4) is 0 Å². The number of aryl methyl sites for hydroxylation is 1. The Balaban J connectivity index is 3.17. The summed E-state index contributed by atoms with van der Waals surface area (Å²) >= 11 is 5.84. The molecule has 0 saturated heterocycles. The molecule has 0 unspecified atom stereocenters. The van der Waals surface area contributed by atoms with E-state index in [1.165, 1.54) is 13.0 Å². The van der Waals surface area contributed by atoms with Crippen molar-refractivity contribution < 1.29 is 9.90 Å². The minimum atomic E-state index is 0.0310. The van der Waals surface area contributed by atoms with Crippen molar-refractivity contribution in [3.8, 4) is 5.75 Å². The molecule has 0 aliphatic rings. The molecule has 1 aromatic rings. The highest BCUT2D eigenvalue weighted by Crippen LogP contribution is 2.29. The van der Waals surface area contributed by atoms with Crippen LogP contribution < -0.4 is 0 Å². The minimum absolute atomic E-state index is 0.0310. The first-order valence-corrected chi connectivity index (χ1v) is 4.36. The van der Waals surface area contributed by atoms with E-state index in [0.717, 1.165) is 5.56 Å². The molecule has 0 fully saturated rings. The maximum absolute atomic E-state index is 10.9. The van der Waals surface area contributed by atoms with Crippen molar-refractivity contribution in [2.24, 2.45) is 0 Å². The molecule has 0 heterocycles. The molecule has 0 aliphatic carbocycles. The molecule has 1 N–H and O–H groups in total. The summed E-state index contributed by atoms with van der Waals surface area (Å²) in [5, 5.41) is 9.58. The predicted molar refractivity (Wildman–Crippen MR) is 52.2 cm³/mol. The van der Waals surface area contributed by atoms with Crippen molar-refractivity contribution in [2.75, 3.05) is 0 Å². The third kappa shape index (κ3) is 2.22. The Morgan fingerprint density at radius 1 is 1.54 bits per heavy atom. The molecule has 2 nitrogen and oxygen atoms in total. The van der Waals surface area contributed by atoms with Crippen molar-refractivity contribution >= 4 is 17.4 Å². The fourth-order valence-corrected chi connectivity index (χ4v) is 1.45. The second-order valence-corrected chi connectivity index (χ2v) is 3.45. The van der Waals surface area contributed by atoms with Crippen molar-refractivity contribution in [2.45, 2.75) is 20.3 Å². The maximum atomic E-state index is 10.9. The lowest BCUT2D eigenvalue weighted by Gasteiger charge is -2.07. The Bertz CT molecular complexity index is 345. The zero-order valence-corrected chi connectivity index (χ0v) is 8.35. The van der Waals surface area contributed by atoms with Gasteiger partial charge in [0.15, 0.2) is 0 Å². The number of carbonyl (C=O) groups excluding carboxylic acids is 1. The topological polar surface area (TPSA) is 37.3 Å². The number of hydrogen-bond acceptors (Lipinski definition) is 2. The molecular weight excluding hydrogens is 188 g/mol. The molecule has 0 spiro atoms. The van der Waals surface area contributed by atoms with Gasteiger partial charge in [0.05, 0.1) is 5.02 Å². The van der Waals surface area contributed by atoms with Gasteiger partial charge in [0.1, 0.15) is 11.5 Å². The largest absolute Gasteiger partial charge is 0.506 e. The fraction of sp³-hybridized carbons (Fsp3) is 0.300. The molecular formula is C10H11ClO2. The van der Waals surface area contributed by atoms with Crippen molar-refractivity contribution in [1.29, 1.82) is 0 Å². The molecule has 3 heteroatoms. The van der Waals surface area contributed by atoms with Gasteiger partial charge in [-0.3, -0.25) is 4.79 Å². The van der Waals surface area contributed by atoms with Crippen LogP contribution in [-0.4, -0.2) is 10.9 Å². The lowest BCUT2D eigenvalue weighted by atomic mass is 10.0. The average molecular weight is 199 g/mol. The highest BCUT2D eigenvalue weighted by molar-refractivity contribution is 6.33. The van der Waals surface area contributed by atoms with E-state index < -0.39 is 0 Å². The summed E-state index contributed by atoms with van der Waals surface area (Å²) in [4.78, 5) is 10.9. The molecule has 1 rings (SSSR count). The normalized spacial score (nSPS) is 10.1. The lowest BCUT2D eigenvalue weighted by Crippen LogP contribution is -1.99. The molecule has 0 aliphatic heterocycles. The number of halogens is 1. The number of ketones is 1. The van der Waals surface area contributed by atoms with Crippen LogP contribution in [0, 0.1) is 6.92 Å². The van der Waals surface area contributed by atoms with Crippen LogP contribution in [0.25, 0.3) is 0 Å². The molecule has 0 amide bonds. The van der Waals surface area contributed by atoms with Gasteiger partial charge in [-0.1, -0.05) is 17.7 Å². The van der Waals surface area contributed by atoms with Crippen molar-refractivity contribution in [1.82, 2.24) is 0 Å². The first-order valence-electron chi connectivity index (χ1n) is 3.98. The summed E-state index contributed by atoms with van der Waals surface area (Å²) in [6.07, 6.45) is 0.277. The summed E-state index contributed by atoms with van der Waals surface area (Å²) < 4.78 is 0. The molecule has 0 aromatic heterocycles. The second kappa shape index (κ2) is 3.79. The monoisotopic (exact) mass is 198 g/mol. The summed E-state index contributed by atoms with van der Waals surface area (Å²) in [6, 6.07) is 3.28. The Hall–Kier alpha value is -1.02. The number of carbonyl (C=O) groups is 1. The highest BCUT2D eigenvalue weighted by atomic mass is 35.5. The first kappa shape index (κ1) is 10.1. The Morgan fingerprint density at radius 2 is 2.15 bits per heavy atom. The van der Waals surface area contributed by atoms with Crippen molar-refractivity contribution in [3.05, 3.63) is 28.3 Å². The zero-order chi connectivity index (χ0) is 10.0.